The second-order valence-corrected chi connectivity index (χ2v) is 10.1. The van der Waals surface area contributed by atoms with E-state index in [0.717, 1.165) is 35.2 Å². The second kappa shape index (κ2) is 11.8. The number of ether oxygens (including phenoxy) is 1. The average molecular weight is 472 g/mol. The number of aryl methyl sites for hydroxylation is 2. The summed E-state index contributed by atoms with van der Waals surface area (Å²) in [5.74, 6) is -1.58. The van der Waals surface area contributed by atoms with Gasteiger partial charge in [-0.15, -0.1) is 6.58 Å². The minimum Gasteiger partial charge on any atom is -0.465 e. The molecule has 0 spiro atoms. The SMILES string of the molecule is C=CCCCCCc1ccc(C(=O)/C(=C/C(C)C)C(=O)OC)n1S(=O)(=O)c1ccc(C)cc1. The summed E-state index contributed by atoms with van der Waals surface area (Å²) in [7, 11) is -2.87. The number of hydrogen-bond donors (Lipinski definition) is 0. The molecule has 178 valence electrons. The van der Waals surface area contributed by atoms with Crippen molar-refractivity contribution in [3.05, 3.63) is 77.7 Å². The van der Waals surface area contributed by atoms with Crippen LogP contribution >= 0.6 is 0 Å². The van der Waals surface area contributed by atoms with Crippen LogP contribution in [0.5, 0.6) is 0 Å². The summed E-state index contributed by atoms with van der Waals surface area (Å²) in [5.41, 5.74) is 1.18. The van der Waals surface area contributed by atoms with E-state index < -0.39 is 21.8 Å². The lowest BCUT2D eigenvalue weighted by molar-refractivity contribution is -0.135. The van der Waals surface area contributed by atoms with Crippen LogP contribution in [0.2, 0.25) is 0 Å². The van der Waals surface area contributed by atoms with Gasteiger partial charge < -0.3 is 4.74 Å². The van der Waals surface area contributed by atoms with Crippen LogP contribution in [-0.4, -0.2) is 31.3 Å². The smallest absolute Gasteiger partial charge is 0.341 e. The third-order valence-corrected chi connectivity index (χ3v) is 6.98. The molecule has 0 unspecified atom stereocenters. The van der Waals surface area contributed by atoms with Crippen LogP contribution in [0.25, 0.3) is 0 Å². The molecular weight excluding hydrogens is 438 g/mol. The third-order valence-electron chi connectivity index (χ3n) is 5.20. The van der Waals surface area contributed by atoms with E-state index in [1.165, 1.54) is 31.4 Å². The van der Waals surface area contributed by atoms with Crippen LogP contribution in [0.3, 0.4) is 0 Å². The van der Waals surface area contributed by atoms with Crippen molar-refractivity contribution in [1.82, 2.24) is 3.97 Å². The quantitative estimate of drug-likeness (QED) is 0.0802. The molecule has 2 aromatic rings. The molecule has 0 aliphatic rings. The highest BCUT2D eigenvalue weighted by molar-refractivity contribution is 7.90. The summed E-state index contributed by atoms with van der Waals surface area (Å²) < 4.78 is 33.1. The van der Waals surface area contributed by atoms with Crippen LogP contribution < -0.4 is 0 Å². The van der Waals surface area contributed by atoms with Crippen LogP contribution in [0, 0.1) is 12.8 Å². The van der Waals surface area contributed by atoms with Gasteiger partial charge in [-0.1, -0.05) is 50.1 Å². The summed E-state index contributed by atoms with van der Waals surface area (Å²) >= 11 is 0. The zero-order chi connectivity index (χ0) is 24.6. The Hall–Kier alpha value is -2.93. The lowest BCUT2D eigenvalue weighted by atomic mass is 10.0. The fourth-order valence-corrected chi connectivity index (χ4v) is 5.06. The van der Waals surface area contributed by atoms with E-state index >= 15 is 0 Å². The number of hydrogen-bond acceptors (Lipinski definition) is 5. The molecule has 0 bridgehead atoms. The van der Waals surface area contributed by atoms with E-state index in [1.807, 2.05) is 26.8 Å². The normalized spacial score (nSPS) is 12.1. The molecule has 0 N–H and O–H groups in total. The van der Waals surface area contributed by atoms with Gasteiger partial charge in [0.1, 0.15) is 11.3 Å². The predicted molar refractivity (Wildman–Crippen MR) is 130 cm³/mol. The number of carbonyl (C=O) groups excluding carboxylic acids is 2. The summed E-state index contributed by atoms with van der Waals surface area (Å²) in [6.07, 6.45) is 7.37. The average Bonchev–Trinajstić information content (AvgIpc) is 3.21. The van der Waals surface area contributed by atoms with Gasteiger partial charge in [-0.05, 0) is 62.8 Å². The van der Waals surface area contributed by atoms with Gasteiger partial charge in [0, 0.05) is 5.69 Å². The van der Waals surface area contributed by atoms with Gasteiger partial charge in [0.25, 0.3) is 10.0 Å². The number of allylic oxidation sites excluding steroid dienone is 2. The first-order valence-corrected chi connectivity index (χ1v) is 12.6. The van der Waals surface area contributed by atoms with E-state index in [4.69, 9.17) is 4.74 Å². The minimum atomic E-state index is -4.06. The molecule has 0 aliphatic carbocycles. The molecule has 0 amide bonds. The second-order valence-electron chi connectivity index (χ2n) is 8.33. The number of rotatable bonds is 12. The Labute approximate surface area is 197 Å². The molecule has 0 aliphatic heterocycles. The molecule has 1 aromatic heterocycles. The summed E-state index contributed by atoms with van der Waals surface area (Å²) in [6, 6.07) is 9.60. The molecule has 0 saturated carbocycles. The first-order chi connectivity index (χ1) is 15.6. The largest absolute Gasteiger partial charge is 0.465 e. The number of carbonyl (C=O) groups is 2. The molecule has 0 fully saturated rings. The van der Waals surface area contributed by atoms with Gasteiger partial charge in [-0.25, -0.2) is 17.2 Å². The molecule has 2 rings (SSSR count). The van der Waals surface area contributed by atoms with Crippen molar-refractivity contribution in [3.63, 3.8) is 0 Å². The fourth-order valence-electron chi connectivity index (χ4n) is 3.51. The van der Waals surface area contributed by atoms with E-state index in [-0.39, 0.29) is 22.1 Å². The lowest BCUT2D eigenvalue weighted by Crippen LogP contribution is -2.24. The number of aromatic nitrogens is 1. The molecular formula is C26H33NO5S. The first-order valence-electron chi connectivity index (χ1n) is 11.1. The molecule has 0 radical (unpaired) electrons. The zero-order valence-corrected chi connectivity index (χ0v) is 20.7. The topological polar surface area (TPSA) is 82.4 Å². The van der Waals surface area contributed by atoms with Crippen molar-refractivity contribution >= 4 is 21.8 Å². The number of unbranched alkanes of at least 4 members (excludes halogenated alkanes) is 3. The molecule has 7 heteroatoms. The Morgan fingerprint density at radius 1 is 1.06 bits per heavy atom. The van der Waals surface area contributed by atoms with Gasteiger partial charge in [-0.2, -0.15) is 0 Å². The van der Waals surface area contributed by atoms with Gasteiger partial charge in [0.05, 0.1) is 12.0 Å². The van der Waals surface area contributed by atoms with Crippen LogP contribution in [0.1, 0.15) is 61.3 Å². The van der Waals surface area contributed by atoms with E-state index in [2.05, 4.69) is 6.58 Å². The molecule has 1 aromatic carbocycles. The van der Waals surface area contributed by atoms with Crippen LogP contribution in [0.4, 0.5) is 0 Å². The van der Waals surface area contributed by atoms with Crippen molar-refractivity contribution in [2.75, 3.05) is 7.11 Å². The highest BCUT2D eigenvalue weighted by atomic mass is 32.2. The number of benzene rings is 1. The van der Waals surface area contributed by atoms with Gasteiger partial charge in [0.2, 0.25) is 5.78 Å². The maximum absolute atomic E-state index is 13.6. The maximum atomic E-state index is 13.6. The van der Waals surface area contributed by atoms with Crippen molar-refractivity contribution in [2.45, 2.75) is 57.8 Å². The number of esters is 1. The monoisotopic (exact) mass is 471 g/mol. The van der Waals surface area contributed by atoms with Crippen molar-refractivity contribution in [3.8, 4) is 0 Å². The van der Waals surface area contributed by atoms with E-state index in [9.17, 15) is 18.0 Å². The molecule has 0 atom stereocenters. The molecule has 6 nitrogen and oxygen atoms in total. The number of Topliss-reactive ketones (excluding diaryl/α,β-unsaturated/α-hetero) is 1. The van der Waals surface area contributed by atoms with Gasteiger partial charge in [0.15, 0.2) is 0 Å². The Balaban J connectivity index is 2.59. The van der Waals surface area contributed by atoms with Crippen LogP contribution in [-0.2, 0) is 26.0 Å². The van der Waals surface area contributed by atoms with Crippen molar-refractivity contribution < 1.29 is 22.7 Å². The fraction of sp³-hybridized carbons (Fsp3) is 0.385. The van der Waals surface area contributed by atoms with Crippen molar-refractivity contribution in [1.29, 1.82) is 0 Å². The van der Waals surface area contributed by atoms with Gasteiger partial charge >= 0.3 is 5.97 Å². The number of methoxy groups -OCH3 is 1. The maximum Gasteiger partial charge on any atom is 0.341 e. The van der Waals surface area contributed by atoms with Gasteiger partial charge in [-0.3, -0.25) is 4.79 Å². The van der Waals surface area contributed by atoms with Crippen LogP contribution in [0.15, 0.2) is 65.6 Å². The predicted octanol–water partition coefficient (Wildman–Crippen LogP) is 5.26. The van der Waals surface area contributed by atoms with Crippen molar-refractivity contribution in [2.24, 2.45) is 5.92 Å². The molecule has 0 saturated heterocycles. The number of ketones is 1. The summed E-state index contributed by atoms with van der Waals surface area (Å²) in [4.78, 5) is 25.8. The standard InChI is InChI=1S/C26H33NO5S/c1-6-7-8-9-10-11-21-14-17-24(25(28)23(18-19(2)3)26(29)32-5)27(21)33(30,31)22-15-12-20(4)13-16-22/h6,12-19H,1,7-11H2,2-5H3/b23-18-. The minimum absolute atomic E-state index is 0.0750. The molecule has 33 heavy (non-hydrogen) atoms. The Bertz CT molecular complexity index is 1120. The first kappa shape index (κ1) is 26.3. The summed E-state index contributed by atoms with van der Waals surface area (Å²) in [6.45, 7) is 9.24. The third kappa shape index (κ3) is 6.54. The highest BCUT2D eigenvalue weighted by Crippen LogP contribution is 2.25. The Morgan fingerprint density at radius 2 is 1.73 bits per heavy atom. The molecule has 1 heterocycles. The highest BCUT2D eigenvalue weighted by Gasteiger charge is 2.30. The summed E-state index contributed by atoms with van der Waals surface area (Å²) in [5, 5.41) is 0. The number of nitrogens with zero attached hydrogens (tertiary/aromatic N) is 1. The van der Waals surface area contributed by atoms with E-state index in [0.29, 0.717) is 12.1 Å². The zero-order valence-electron chi connectivity index (χ0n) is 19.8. The lowest BCUT2D eigenvalue weighted by Gasteiger charge is -2.15. The Kier molecular flexibility index (Phi) is 9.41. The Morgan fingerprint density at radius 3 is 2.30 bits per heavy atom. The van der Waals surface area contributed by atoms with E-state index in [1.54, 1.807) is 18.2 Å².